The molecule has 5 nitrogen and oxygen atoms in total. The maximum absolute atomic E-state index is 8.45. The Kier molecular flexibility index (Phi) is 4.38. The number of ether oxygens (including phenoxy) is 2. The Morgan fingerprint density at radius 1 is 1.47 bits per heavy atom. The van der Waals surface area contributed by atoms with E-state index < -0.39 is 0 Å². The van der Waals surface area contributed by atoms with E-state index in [1.807, 2.05) is 30.3 Å². The van der Waals surface area contributed by atoms with Crippen LogP contribution < -0.4 is 0 Å². The molecule has 2 rings (SSSR count). The van der Waals surface area contributed by atoms with E-state index in [0.29, 0.717) is 13.2 Å². The van der Waals surface area contributed by atoms with Crippen LogP contribution in [0, 0.1) is 0 Å². The third kappa shape index (κ3) is 4.44. The quantitative estimate of drug-likeness (QED) is 0.314. The van der Waals surface area contributed by atoms with Crippen molar-refractivity contribution in [1.82, 2.24) is 0 Å². The topological polar surface area (TPSA) is 70.5 Å². The van der Waals surface area contributed by atoms with Gasteiger partial charge >= 0.3 is 0 Å². The third-order valence-electron chi connectivity index (χ3n) is 2.57. The summed E-state index contributed by atoms with van der Waals surface area (Å²) in [5.74, 6) is 0. The van der Waals surface area contributed by atoms with Crippen LogP contribution in [0.5, 0.6) is 0 Å². The minimum Gasteiger partial charge on any atom is -0.376 e. The zero-order chi connectivity index (χ0) is 11.9. The van der Waals surface area contributed by atoms with Gasteiger partial charge in [0.25, 0.3) is 0 Å². The molecule has 0 amide bonds. The van der Waals surface area contributed by atoms with Crippen molar-refractivity contribution in [3.63, 3.8) is 0 Å². The van der Waals surface area contributed by atoms with Crippen LogP contribution in [-0.4, -0.2) is 25.4 Å². The van der Waals surface area contributed by atoms with Crippen molar-refractivity contribution < 1.29 is 9.47 Å². The molecule has 1 fully saturated rings. The molecule has 5 heteroatoms. The minimum atomic E-state index is -0.129. The number of nitrogens with zero attached hydrogens (tertiary/aromatic N) is 3. The molecule has 0 aromatic heterocycles. The summed E-state index contributed by atoms with van der Waals surface area (Å²) in [6.07, 6.45) is 1.00. The van der Waals surface area contributed by atoms with Gasteiger partial charge in [-0.3, -0.25) is 0 Å². The molecule has 1 heterocycles. The molecule has 0 saturated carbocycles. The Morgan fingerprint density at radius 2 is 2.24 bits per heavy atom. The molecule has 17 heavy (non-hydrogen) atoms. The van der Waals surface area contributed by atoms with Gasteiger partial charge < -0.3 is 9.47 Å². The summed E-state index contributed by atoms with van der Waals surface area (Å²) in [6.45, 7) is 1.76. The predicted octanol–water partition coefficient (Wildman–Crippen LogP) is 2.67. The lowest BCUT2D eigenvalue weighted by Crippen LogP contribution is -2.15. The molecular formula is C12H15N3O2. The van der Waals surface area contributed by atoms with E-state index >= 15 is 0 Å². The van der Waals surface area contributed by atoms with Gasteiger partial charge in [0.2, 0.25) is 0 Å². The Balaban J connectivity index is 1.73. The van der Waals surface area contributed by atoms with Crippen LogP contribution in [0.1, 0.15) is 12.0 Å². The van der Waals surface area contributed by atoms with Crippen LogP contribution in [0.2, 0.25) is 0 Å². The molecule has 1 aliphatic heterocycles. The summed E-state index contributed by atoms with van der Waals surface area (Å²) in [6, 6.07) is 9.80. The standard InChI is InChI=1S/C12H15N3O2/c13-15-14-11(6-12-9-17-12)8-16-7-10-4-2-1-3-5-10/h1-5,11-12H,6-9H2/t11-,12+/m1/s1. The van der Waals surface area contributed by atoms with E-state index in [1.54, 1.807) is 0 Å². The zero-order valence-electron chi connectivity index (χ0n) is 9.53. The second kappa shape index (κ2) is 6.25. The van der Waals surface area contributed by atoms with E-state index in [9.17, 15) is 0 Å². The van der Waals surface area contributed by atoms with Gasteiger partial charge in [-0.2, -0.15) is 0 Å². The van der Waals surface area contributed by atoms with E-state index in [2.05, 4.69) is 10.0 Å². The Bertz CT molecular complexity index is 386. The predicted molar refractivity (Wildman–Crippen MR) is 63.4 cm³/mol. The molecule has 1 aliphatic rings. The minimum absolute atomic E-state index is 0.129. The summed E-state index contributed by atoms with van der Waals surface area (Å²) in [5, 5.41) is 3.71. The molecule has 90 valence electrons. The maximum atomic E-state index is 8.45. The highest BCUT2D eigenvalue weighted by Gasteiger charge is 2.26. The van der Waals surface area contributed by atoms with Crippen LogP contribution >= 0.6 is 0 Å². The second-order valence-electron chi connectivity index (χ2n) is 4.05. The number of azide groups is 1. The zero-order valence-corrected chi connectivity index (χ0v) is 9.53. The SMILES string of the molecule is [N-]=[N+]=N[C@@H](COCc1ccccc1)C[C@H]1CO1. The largest absolute Gasteiger partial charge is 0.376 e. The lowest BCUT2D eigenvalue weighted by molar-refractivity contribution is 0.104. The summed E-state index contributed by atoms with van der Waals surface area (Å²) in [5.41, 5.74) is 9.57. The van der Waals surface area contributed by atoms with E-state index in [-0.39, 0.29) is 12.1 Å². The fourth-order valence-corrected chi connectivity index (χ4v) is 1.62. The number of epoxide rings is 1. The normalized spacial score (nSPS) is 19.4. The molecular weight excluding hydrogens is 218 g/mol. The summed E-state index contributed by atoms with van der Waals surface area (Å²) < 4.78 is 10.7. The lowest BCUT2D eigenvalue weighted by Gasteiger charge is -2.10. The van der Waals surface area contributed by atoms with Crippen molar-refractivity contribution in [2.45, 2.75) is 25.2 Å². The van der Waals surface area contributed by atoms with Crippen LogP contribution in [0.25, 0.3) is 10.4 Å². The monoisotopic (exact) mass is 233 g/mol. The van der Waals surface area contributed by atoms with E-state index in [4.69, 9.17) is 15.0 Å². The molecule has 1 aromatic rings. The first-order valence-electron chi connectivity index (χ1n) is 5.66. The van der Waals surface area contributed by atoms with Crippen molar-refractivity contribution in [3.05, 3.63) is 46.3 Å². The van der Waals surface area contributed by atoms with Gasteiger partial charge in [0, 0.05) is 4.91 Å². The lowest BCUT2D eigenvalue weighted by atomic mass is 10.2. The number of benzene rings is 1. The average Bonchev–Trinajstić information content (AvgIpc) is 3.15. The molecule has 0 radical (unpaired) electrons. The maximum Gasteiger partial charge on any atom is 0.0814 e. The summed E-state index contributed by atoms with van der Waals surface area (Å²) in [4.78, 5) is 2.83. The molecule has 0 spiro atoms. The van der Waals surface area contributed by atoms with Gasteiger partial charge in [0.15, 0.2) is 0 Å². The second-order valence-corrected chi connectivity index (χ2v) is 4.05. The highest BCUT2D eigenvalue weighted by Crippen LogP contribution is 2.18. The summed E-state index contributed by atoms with van der Waals surface area (Å²) >= 11 is 0. The van der Waals surface area contributed by atoms with Gasteiger partial charge in [0.1, 0.15) is 0 Å². The van der Waals surface area contributed by atoms with Crippen LogP contribution in [0.15, 0.2) is 35.4 Å². The fourth-order valence-electron chi connectivity index (χ4n) is 1.62. The van der Waals surface area contributed by atoms with Crippen molar-refractivity contribution in [1.29, 1.82) is 0 Å². The van der Waals surface area contributed by atoms with Crippen molar-refractivity contribution >= 4 is 0 Å². The van der Waals surface area contributed by atoms with Crippen molar-refractivity contribution in [2.24, 2.45) is 5.11 Å². The highest BCUT2D eigenvalue weighted by atomic mass is 16.6. The fraction of sp³-hybridized carbons (Fsp3) is 0.500. The van der Waals surface area contributed by atoms with Crippen LogP contribution in [-0.2, 0) is 16.1 Å². The summed E-state index contributed by atoms with van der Waals surface area (Å²) in [7, 11) is 0. The van der Waals surface area contributed by atoms with Gasteiger partial charge in [-0.05, 0) is 17.5 Å². The first-order chi connectivity index (χ1) is 8.38. The molecule has 1 aromatic carbocycles. The first-order valence-corrected chi connectivity index (χ1v) is 5.66. The number of hydrogen-bond acceptors (Lipinski definition) is 3. The molecule has 1 saturated heterocycles. The van der Waals surface area contributed by atoms with Gasteiger partial charge in [0.05, 0.1) is 32.0 Å². The van der Waals surface area contributed by atoms with Crippen LogP contribution in [0.3, 0.4) is 0 Å². The Hall–Kier alpha value is -1.55. The average molecular weight is 233 g/mol. The third-order valence-corrected chi connectivity index (χ3v) is 2.57. The Labute approximate surface area is 100.0 Å². The molecule has 2 atom stereocenters. The molecule has 0 unspecified atom stereocenters. The van der Waals surface area contributed by atoms with Crippen molar-refractivity contribution in [3.8, 4) is 0 Å². The molecule has 0 aliphatic carbocycles. The smallest absolute Gasteiger partial charge is 0.0814 e. The molecule has 0 N–H and O–H groups in total. The Morgan fingerprint density at radius 3 is 2.88 bits per heavy atom. The number of hydrogen-bond donors (Lipinski definition) is 0. The number of rotatable bonds is 7. The highest BCUT2D eigenvalue weighted by molar-refractivity contribution is 5.13. The molecule has 0 bridgehead atoms. The van der Waals surface area contributed by atoms with Crippen LogP contribution in [0.4, 0.5) is 0 Å². The van der Waals surface area contributed by atoms with Gasteiger partial charge in [-0.1, -0.05) is 35.4 Å². The first kappa shape index (κ1) is 11.9. The van der Waals surface area contributed by atoms with E-state index in [1.165, 1.54) is 0 Å². The van der Waals surface area contributed by atoms with Gasteiger partial charge in [-0.25, -0.2) is 0 Å². The van der Waals surface area contributed by atoms with E-state index in [0.717, 1.165) is 18.6 Å². The van der Waals surface area contributed by atoms with Crippen molar-refractivity contribution in [2.75, 3.05) is 13.2 Å². The van der Waals surface area contributed by atoms with Gasteiger partial charge in [-0.15, -0.1) is 0 Å².